The van der Waals surface area contributed by atoms with Crippen LogP contribution in [0, 0.1) is 0 Å². The lowest BCUT2D eigenvalue weighted by Gasteiger charge is -2.05. The summed E-state index contributed by atoms with van der Waals surface area (Å²) in [6, 6.07) is 0. The van der Waals surface area contributed by atoms with Gasteiger partial charge in [-0.25, -0.2) is 0 Å². The Morgan fingerprint density at radius 3 is 1.62 bits per heavy atom. The van der Waals surface area contributed by atoms with Gasteiger partial charge in [0.1, 0.15) is 0 Å². The average Bonchev–Trinajstić information content (AvgIpc) is 2.55. The van der Waals surface area contributed by atoms with Gasteiger partial charge in [0.15, 0.2) is 0 Å². The molecule has 0 saturated carbocycles. The lowest BCUT2D eigenvalue weighted by Crippen LogP contribution is -2.05. The Kier molecular flexibility index (Phi) is 17.5. The van der Waals surface area contributed by atoms with Crippen LogP contribution in [0.4, 0.5) is 0 Å². The van der Waals surface area contributed by atoms with Crippen molar-refractivity contribution in [3.63, 3.8) is 0 Å². The number of esters is 2. The van der Waals surface area contributed by atoms with E-state index in [4.69, 9.17) is 9.47 Å². The van der Waals surface area contributed by atoms with Gasteiger partial charge in [0.05, 0.1) is 13.2 Å². The van der Waals surface area contributed by atoms with E-state index in [0.717, 1.165) is 38.5 Å². The molecule has 0 aromatic carbocycles. The zero-order chi connectivity index (χ0) is 17.9. The molecule has 0 amide bonds. The predicted octanol–water partition coefficient (Wildman–Crippen LogP) is 5.57. The zero-order valence-corrected chi connectivity index (χ0v) is 15.9. The minimum atomic E-state index is -0.196. The molecule has 4 nitrogen and oxygen atoms in total. The van der Waals surface area contributed by atoms with E-state index in [1.807, 2.05) is 0 Å². The highest BCUT2D eigenvalue weighted by molar-refractivity contribution is 5.69. The lowest BCUT2D eigenvalue weighted by atomic mass is 10.1. The molecule has 0 aliphatic rings. The van der Waals surface area contributed by atoms with E-state index in [1.165, 1.54) is 51.9 Å². The first-order valence-corrected chi connectivity index (χ1v) is 9.95. The Balaban J connectivity index is 3.16. The van der Waals surface area contributed by atoms with Crippen LogP contribution in [-0.2, 0) is 19.1 Å². The van der Waals surface area contributed by atoms with Crippen LogP contribution in [0.25, 0.3) is 0 Å². The van der Waals surface area contributed by atoms with E-state index in [0.29, 0.717) is 19.6 Å². The van der Waals surface area contributed by atoms with Crippen molar-refractivity contribution in [3.05, 3.63) is 0 Å². The molecular weight excluding hydrogens is 304 g/mol. The summed E-state index contributed by atoms with van der Waals surface area (Å²) < 4.78 is 10.1. The largest absolute Gasteiger partial charge is 0.466 e. The summed E-state index contributed by atoms with van der Waals surface area (Å²) in [5.41, 5.74) is 0. The molecule has 0 aliphatic carbocycles. The van der Waals surface area contributed by atoms with Crippen LogP contribution in [0.1, 0.15) is 104 Å². The number of carbonyl (C=O) groups is 2. The lowest BCUT2D eigenvalue weighted by molar-refractivity contribution is -0.144. The van der Waals surface area contributed by atoms with Crippen LogP contribution in [0.3, 0.4) is 0 Å². The highest BCUT2D eigenvalue weighted by Crippen LogP contribution is 2.10. The van der Waals surface area contributed by atoms with Crippen molar-refractivity contribution in [1.29, 1.82) is 0 Å². The molecule has 0 unspecified atom stereocenters. The first-order chi connectivity index (χ1) is 11.7. The summed E-state index contributed by atoms with van der Waals surface area (Å²) in [5.74, 6) is -0.233. The summed E-state index contributed by atoms with van der Waals surface area (Å²) in [7, 11) is 0. The molecule has 0 aliphatic heterocycles. The van der Waals surface area contributed by atoms with Gasteiger partial charge in [0.25, 0.3) is 0 Å². The SMILES string of the molecule is CCCCCCCCOC(=O)CCCCCCCCCOC(C)=O. The van der Waals surface area contributed by atoms with E-state index < -0.39 is 0 Å². The maximum atomic E-state index is 11.6. The molecule has 142 valence electrons. The number of ether oxygens (including phenoxy) is 2. The highest BCUT2D eigenvalue weighted by atomic mass is 16.5. The molecule has 0 aromatic heterocycles. The van der Waals surface area contributed by atoms with Gasteiger partial charge in [0, 0.05) is 13.3 Å². The second-order valence-electron chi connectivity index (χ2n) is 6.55. The molecule has 0 fully saturated rings. The van der Waals surface area contributed by atoms with Crippen molar-refractivity contribution in [1.82, 2.24) is 0 Å². The van der Waals surface area contributed by atoms with Crippen molar-refractivity contribution >= 4 is 11.9 Å². The topological polar surface area (TPSA) is 52.6 Å². The van der Waals surface area contributed by atoms with Gasteiger partial charge in [-0.2, -0.15) is 0 Å². The van der Waals surface area contributed by atoms with E-state index in [1.54, 1.807) is 0 Å². The Hall–Kier alpha value is -1.06. The van der Waals surface area contributed by atoms with Crippen molar-refractivity contribution in [3.8, 4) is 0 Å². The highest BCUT2D eigenvalue weighted by Gasteiger charge is 2.02. The second-order valence-corrected chi connectivity index (χ2v) is 6.55. The number of carbonyl (C=O) groups excluding carboxylic acids is 2. The average molecular weight is 343 g/mol. The first-order valence-electron chi connectivity index (χ1n) is 9.95. The molecule has 0 atom stereocenters. The molecule has 0 bridgehead atoms. The predicted molar refractivity (Wildman–Crippen MR) is 97.9 cm³/mol. The summed E-state index contributed by atoms with van der Waals surface area (Å²) in [4.78, 5) is 22.2. The third-order valence-electron chi connectivity index (χ3n) is 4.09. The van der Waals surface area contributed by atoms with Crippen LogP contribution in [0.5, 0.6) is 0 Å². The van der Waals surface area contributed by atoms with Gasteiger partial charge in [-0.05, 0) is 19.3 Å². The van der Waals surface area contributed by atoms with E-state index in [9.17, 15) is 9.59 Å². The van der Waals surface area contributed by atoms with Gasteiger partial charge >= 0.3 is 11.9 Å². The number of hydrogen-bond acceptors (Lipinski definition) is 4. The summed E-state index contributed by atoms with van der Waals surface area (Å²) in [6.07, 6.45) is 15.5. The van der Waals surface area contributed by atoms with Gasteiger partial charge in [-0.1, -0.05) is 71.1 Å². The molecule has 0 saturated heterocycles. The van der Waals surface area contributed by atoms with Crippen molar-refractivity contribution in [2.45, 2.75) is 104 Å². The fourth-order valence-electron chi connectivity index (χ4n) is 2.61. The molecule has 0 spiro atoms. The Bertz CT molecular complexity index is 302. The fraction of sp³-hybridized carbons (Fsp3) is 0.900. The Morgan fingerprint density at radius 1 is 0.625 bits per heavy atom. The quantitative estimate of drug-likeness (QED) is 0.256. The maximum Gasteiger partial charge on any atom is 0.305 e. The van der Waals surface area contributed by atoms with Crippen molar-refractivity contribution < 1.29 is 19.1 Å². The van der Waals surface area contributed by atoms with Crippen LogP contribution in [0.15, 0.2) is 0 Å². The van der Waals surface area contributed by atoms with E-state index >= 15 is 0 Å². The van der Waals surface area contributed by atoms with E-state index in [2.05, 4.69) is 6.92 Å². The number of unbranched alkanes of at least 4 members (excludes halogenated alkanes) is 11. The van der Waals surface area contributed by atoms with Crippen molar-refractivity contribution in [2.24, 2.45) is 0 Å². The van der Waals surface area contributed by atoms with Gasteiger partial charge < -0.3 is 9.47 Å². The third kappa shape index (κ3) is 19.0. The summed E-state index contributed by atoms with van der Waals surface area (Å²) >= 11 is 0. The smallest absolute Gasteiger partial charge is 0.305 e. The van der Waals surface area contributed by atoms with Gasteiger partial charge in [-0.3, -0.25) is 9.59 Å². The van der Waals surface area contributed by atoms with Gasteiger partial charge in [-0.15, -0.1) is 0 Å². The molecule has 0 rings (SSSR count). The minimum absolute atomic E-state index is 0.0371. The zero-order valence-electron chi connectivity index (χ0n) is 15.9. The minimum Gasteiger partial charge on any atom is -0.466 e. The third-order valence-corrected chi connectivity index (χ3v) is 4.09. The van der Waals surface area contributed by atoms with E-state index in [-0.39, 0.29) is 11.9 Å². The molecule has 0 radical (unpaired) electrons. The standard InChI is InChI=1S/C20H38O4/c1-3-4-5-6-11-15-18-24-20(22)16-13-10-8-7-9-12-14-17-23-19(2)21/h3-18H2,1-2H3. The number of hydrogen-bond donors (Lipinski definition) is 0. The second kappa shape index (κ2) is 18.3. The Morgan fingerprint density at radius 2 is 1.08 bits per heavy atom. The van der Waals surface area contributed by atoms with Gasteiger partial charge in [0.2, 0.25) is 0 Å². The Labute approximate surface area is 148 Å². The maximum absolute atomic E-state index is 11.6. The molecule has 24 heavy (non-hydrogen) atoms. The first kappa shape index (κ1) is 22.9. The summed E-state index contributed by atoms with van der Waals surface area (Å²) in [6.45, 7) is 4.79. The summed E-state index contributed by atoms with van der Waals surface area (Å²) in [5, 5.41) is 0. The molecule has 0 heterocycles. The normalized spacial score (nSPS) is 10.6. The molecule has 0 aromatic rings. The van der Waals surface area contributed by atoms with Crippen LogP contribution in [0.2, 0.25) is 0 Å². The molecule has 0 N–H and O–H groups in total. The molecular formula is C20H38O4. The van der Waals surface area contributed by atoms with Crippen LogP contribution < -0.4 is 0 Å². The van der Waals surface area contributed by atoms with Crippen LogP contribution in [-0.4, -0.2) is 25.2 Å². The van der Waals surface area contributed by atoms with Crippen molar-refractivity contribution in [2.75, 3.05) is 13.2 Å². The molecule has 4 heteroatoms. The van der Waals surface area contributed by atoms with Crippen LogP contribution >= 0.6 is 0 Å². The monoisotopic (exact) mass is 342 g/mol. The number of rotatable bonds is 17. The fourth-order valence-corrected chi connectivity index (χ4v) is 2.61.